The van der Waals surface area contributed by atoms with Crippen LogP contribution in [-0.4, -0.2) is 41.2 Å². The molecule has 0 amide bonds. The highest BCUT2D eigenvalue weighted by Crippen LogP contribution is 2.32. The molecular weight excluding hydrogens is 196 g/mol. The number of aliphatic hydroxyl groups is 2. The monoisotopic (exact) mass is 204 g/mol. The molecule has 0 spiro atoms. The number of halogens is 4. The van der Waals surface area contributed by atoms with E-state index in [0.29, 0.717) is 0 Å². The van der Waals surface area contributed by atoms with Crippen molar-refractivity contribution in [3.63, 3.8) is 0 Å². The fourth-order valence-corrected chi connectivity index (χ4v) is 0.231. The molecule has 0 radical (unpaired) electrons. The average Bonchev–Trinajstić information content (AvgIpc) is 2.05. The van der Waals surface area contributed by atoms with E-state index in [1.165, 1.54) is 5.94 Å². The minimum atomic E-state index is -4.54. The van der Waals surface area contributed by atoms with Gasteiger partial charge in [-0.3, -0.25) is 0 Å². The molecular formula is C6H8F4O3. The third-order valence-electron chi connectivity index (χ3n) is 0.932. The molecule has 0 saturated carbocycles. The van der Waals surface area contributed by atoms with Gasteiger partial charge in [-0.1, -0.05) is 0 Å². The molecule has 78 valence electrons. The molecule has 0 aromatic heterocycles. The SMILES string of the molecule is C=C=O.OCC(F)(F)C(F)(F)CO. The van der Waals surface area contributed by atoms with E-state index in [2.05, 4.69) is 6.58 Å². The Labute approximate surface area is 71.3 Å². The van der Waals surface area contributed by atoms with Crippen molar-refractivity contribution in [1.29, 1.82) is 0 Å². The summed E-state index contributed by atoms with van der Waals surface area (Å²) in [6.45, 7) is -1.26. The molecule has 0 bridgehead atoms. The first-order valence-electron chi connectivity index (χ1n) is 2.90. The zero-order valence-corrected chi connectivity index (χ0v) is 6.44. The number of carbonyl (C=O) groups excluding carboxylic acids is 1. The number of hydrogen-bond donors (Lipinski definition) is 2. The lowest BCUT2D eigenvalue weighted by molar-refractivity contribution is -0.239. The molecule has 0 fully saturated rings. The van der Waals surface area contributed by atoms with Gasteiger partial charge in [0.05, 0.1) is 0 Å². The normalized spacial score (nSPS) is 11.2. The summed E-state index contributed by atoms with van der Waals surface area (Å²) in [7, 11) is 0. The summed E-state index contributed by atoms with van der Waals surface area (Å²) in [5, 5.41) is 15.4. The predicted octanol–water partition coefficient (Wildman–Crippen LogP) is 0.246. The Bertz CT molecular complexity index is 161. The Hall–Kier alpha value is -0.910. The van der Waals surface area contributed by atoms with Crippen LogP contribution in [0.3, 0.4) is 0 Å². The Morgan fingerprint density at radius 1 is 1.08 bits per heavy atom. The highest BCUT2D eigenvalue weighted by Gasteiger charge is 2.55. The molecule has 2 N–H and O–H groups in total. The molecule has 0 aromatic carbocycles. The first-order valence-corrected chi connectivity index (χ1v) is 2.90. The second kappa shape index (κ2) is 5.69. The maximum Gasteiger partial charge on any atom is 0.334 e. The van der Waals surface area contributed by atoms with E-state index in [4.69, 9.17) is 15.0 Å². The van der Waals surface area contributed by atoms with Crippen LogP contribution in [0.2, 0.25) is 0 Å². The lowest BCUT2D eigenvalue weighted by Gasteiger charge is -2.22. The van der Waals surface area contributed by atoms with Crippen molar-refractivity contribution in [1.82, 2.24) is 0 Å². The van der Waals surface area contributed by atoms with Gasteiger partial charge in [0.25, 0.3) is 0 Å². The Morgan fingerprint density at radius 2 is 1.23 bits per heavy atom. The van der Waals surface area contributed by atoms with Crippen molar-refractivity contribution in [2.75, 3.05) is 13.2 Å². The highest BCUT2D eigenvalue weighted by atomic mass is 19.3. The van der Waals surface area contributed by atoms with Crippen LogP contribution < -0.4 is 0 Å². The van der Waals surface area contributed by atoms with E-state index in [1.807, 2.05) is 0 Å². The van der Waals surface area contributed by atoms with Crippen molar-refractivity contribution in [2.24, 2.45) is 0 Å². The molecule has 0 unspecified atom stereocenters. The van der Waals surface area contributed by atoms with E-state index in [0.717, 1.165) is 0 Å². The molecule has 0 aliphatic heterocycles. The van der Waals surface area contributed by atoms with Gasteiger partial charge in [0.1, 0.15) is 19.2 Å². The predicted molar refractivity (Wildman–Crippen MR) is 35.4 cm³/mol. The van der Waals surface area contributed by atoms with Crippen molar-refractivity contribution >= 4 is 5.94 Å². The van der Waals surface area contributed by atoms with Gasteiger partial charge in [-0.2, -0.15) is 17.6 Å². The van der Waals surface area contributed by atoms with Gasteiger partial charge in [-0.15, -0.1) is 0 Å². The molecule has 0 aromatic rings. The van der Waals surface area contributed by atoms with Gasteiger partial charge in [-0.05, 0) is 6.58 Å². The molecule has 7 heteroatoms. The van der Waals surface area contributed by atoms with Crippen LogP contribution in [0, 0.1) is 0 Å². The fraction of sp³-hybridized carbons (Fsp3) is 0.667. The van der Waals surface area contributed by atoms with Gasteiger partial charge < -0.3 is 10.2 Å². The van der Waals surface area contributed by atoms with Crippen LogP contribution in [0.1, 0.15) is 0 Å². The minimum Gasteiger partial charge on any atom is -0.390 e. The number of rotatable bonds is 3. The Kier molecular flexibility index (Phi) is 6.39. The summed E-state index contributed by atoms with van der Waals surface area (Å²) in [5.41, 5.74) is 0. The van der Waals surface area contributed by atoms with Crippen molar-refractivity contribution in [3.8, 4) is 0 Å². The first kappa shape index (κ1) is 14.6. The fourth-order valence-electron chi connectivity index (χ4n) is 0.231. The van der Waals surface area contributed by atoms with Crippen LogP contribution in [-0.2, 0) is 4.79 Å². The maximum absolute atomic E-state index is 11.8. The second-order valence-corrected chi connectivity index (χ2v) is 1.87. The van der Waals surface area contributed by atoms with E-state index in [-0.39, 0.29) is 0 Å². The van der Waals surface area contributed by atoms with Gasteiger partial charge in [0, 0.05) is 0 Å². The van der Waals surface area contributed by atoms with E-state index >= 15 is 0 Å². The summed E-state index contributed by atoms with van der Waals surface area (Å²) in [5.74, 6) is -7.83. The molecule has 13 heavy (non-hydrogen) atoms. The van der Waals surface area contributed by atoms with Crippen LogP contribution in [0.4, 0.5) is 17.6 Å². The average molecular weight is 204 g/mol. The summed E-state index contributed by atoms with van der Waals surface area (Å²) in [6, 6.07) is 0. The van der Waals surface area contributed by atoms with E-state index in [9.17, 15) is 17.6 Å². The topological polar surface area (TPSA) is 57.5 Å². The number of alkyl halides is 4. The molecule has 0 heterocycles. The van der Waals surface area contributed by atoms with Crippen molar-refractivity contribution < 1.29 is 32.6 Å². The summed E-state index contributed by atoms with van der Waals surface area (Å²) in [6.07, 6.45) is 0. The van der Waals surface area contributed by atoms with Crippen molar-refractivity contribution in [3.05, 3.63) is 6.58 Å². The smallest absolute Gasteiger partial charge is 0.334 e. The molecule has 0 rings (SSSR count). The van der Waals surface area contributed by atoms with Crippen LogP contribution in [0.15, 0.2) is 6.58 Å². The molecule has 0 saturated heterocycles. The quantitative estimate of drug-likeness (QED) is 0.511. The zero-order chi connectivity index (χ0) is 11.1. The second-order valence-electron chi connectivity index (χ2n) is 1.87. The summed E-state index contributed by atoms with van der Waals surface area (Å²) >= 11 is 0. The van der Waals surface area contributed by atoms with Gasteiger partial charge >= 0.3 is 11.8 Å². The zero-order valence-electron chi connectivity index (χ0n) is 6.44. The van der Waals surface area contributed by atoms with Gasteiger partial charge in [-0.25, -0.2) is 4.79 Å². The number of aliphatic hydroxyl groups excluding tert-OH is 2. The third-order valence-corrected chi connectivity index (χ3v) is 0.932. The number of hydrogen-bond acceptors (Lipinski definition) is 3. The molecule has 3 nitrogen and oxygen atoms in total. The molecule has 0 aliphatic carbocycles. The van der Waals surface area contributed by atoms with E-state index in [1.54, 1.807) is 0 Å². The highest BCUT2D eigenvalue weighted by molar-refractivity contribution is 5.38. The summed E-state index contributed by atoms with van der Waals surface area (Å²) < 4.78 is 47.1. The van der Waals surface area contributed by atoms with E-state index < -0.39 is 25.1 Å². The van der Waals surface area contributed by atoms with Crippen LogP contribution >= 0.6 is 0 Å². The Balaban J connectivity index is 0. The molecule has 0 aliphatic rings. The maximum atomic E-state index is 11.8. The van der Waals surface area contributed by atoms with Crippen molar-refractivity contribution in [2.45, 2.75) is 11.8 Å². The lowest BCUT2D eigenvalue weighted by atomic mass is 10.2. The van der Waals surface area contributed by atoms with Crippen LogP contribution in [0.5, 0.6) is 0 Å². The molecule has 0 atom stereocenters. The standard InChI is InChI=1S/C4H6F4O2.C2H2O/c5-3(6,1-9)4(7,8)2-10;1-2-3/h9-10H,1-2H2;1H2. The largest absolute Gasteiger partial charge is 0.390 e. The summed E-state index contributed by atoms with van der Waals surface area (Å²) in [4.78, 5) is 8.57. The minimum absolute atomic E-state index is 1.25. The first-order chi connectivity index (χ1) is 5.79. The van der Waals surface area contributed by atoms with Gasteiger partial charge in [0.15, 0.2) is 0 Å². The lowest BCUT2D eigenvalue weighted by Crippen LogP contribution is -2.46. The van der Waals surface area contributed by atoms with Gasteiger partial charge in [0.2, 0.25) is 0 Å². The van der Waals surface area contributed by atoms with Crippen LogP contribution in [0.25, 0.3) is 0 Å². The third kappa shape index (κ3) is 4.62. The Morgan fingerprint density at radius 3 is 1.31 bits per heavy atom.